The largest absolute Gasteiger partial charge is 0.481 e. The van der Waals surface area contributed by atoms with Crippen LogP contribution in [0.5, 0.6) is 0 Å². The second-order valence-corrected chi connectivity index (χ2v) is 3.62. The van der Waals surface area contributed by atoms with Crippen molar-refractivity contribution in [3.05, 3.63) is 24.3 Å². The molecule has 1 unspecified atom stereocenters. The van der Waals surface area contributed by atoms with E-state index in [2.05, 4.69) is 10.3 Å². The lowest BCUT2D eigenvalue weighted by Crippen LogP contribution is -2.31. The number of aromatic nitrogens is 1. The third-order valence-electron chi connectivity index (χ3n) is 2.27. The molecule has 1 aromatic carbocycles. The summed E-state index contributed by atoms with van der Waals surface area (Å²) in [6.07, 6.45) is -0.561. The molecule has 94 valence electrons. The summed E-state index contributed by atoms with van der Waals surface area (Å²) in [6.45, 7) is 0. The summed E-state index contributed by atoms with van der Waals surface area (Å²) in [5, 5.41) is 19.9. The van der Waals surface area contributed by atoms with Crippen LogP contribution in [0.3, 0.4) is 0 Å². The number of para-hydroxylation sites is 2. The lowest BCUT2D eigenvalue weighted by molar-refractivity contribution is -0.144. The molecule has 2 aromatic rings. The van der Waals surface area contributed by atoms with Gasteiger partial charge in [-0.1, -0.05) is 12.1 Å². The normalized spacial score (nSPS) is 12.2. The molecule has 18 heavy (non-hydrogen) atoms. The van der Waals surface area contributed by atoms with Crippen LogP contribution in [-0.2, 0) is 9.59 Å². The van der Waals surface area contributed by atoms with Crippen LogP contribution in [0.15, 0.2) is 28.7 Å². The van der Waals surface area contributed by atoms with Gasteiger partial charge in [-0.2, -0.15) is 4.98 Å². The van der Waals surface area contributed by atoms with Crippen molar-refractivity contribution >= 4 is 29.1 Å². The molecule has 0 aliphatic rings. The topological polar surface area (TPSA) is 113 Å². The van der Waals surface area contributed by atoms with Crippen molar-refractivity contribution in [2.45, 2.75) is 12.5 Å². The molecule has 0 spiro atoms. The molecule has 1 atom stereocenters. The van der Waals surface area contributed by atoms with Crippen molar-refractivity contribution in [2.75, 3.05) is 5.32 Å². The fourth-order valence-electron chi connectivity index (χ4n) is 1.46. The lowest BCUT2D eigenvalue weighted by Gasteiger charge is -2.09. The molecule has 2 rings (SSSR count). The van der Waals surface area contributed by atoms with E-state index in [-0.39, 0.29) is 6.01 Å². The number of nitrogens with one attached hydrogen (secondary N) is 1. The molecule has 7 nitrogen and oxygen atoms in total. The second kappa shape index (κ2) is 4.74. The zero-order valence-corrected chi connectivity index (χ0v) is 9.16. The number of rotatable bonds is 5. The van der Waals surface area contributed by atoms with E-state index < -0.39 is 24.4 Å². The lowest BCUT2D eigenvalue weighted by atomic mass is 10.2. The van der Waals surface area contributed by atoms with Gasteiger partial charge >= 0.3 is 11.9 Å². The molecule has 0 fully saturated rings. The van der Waals surface area contributed by atoms with Gasteiger partial charge in [-0.25, -0.2) is 4.79 Å². The van der Waals surface area contributed by atoms with Gasteiger partial charge in [0.05, 0.1) is 6.42 Å². The number of carboxylic acids is 2. The van der Waals surface area contributed by atoms with E-state index >= 15 is 0 Å². The van der Waals surface area contributed by atoms with Gasteiger partial charge in [-0.3, -0.25) is 4.79 Å². The Kier molecular flexibility index (Phi) is 3.13. The number of nitrogens with zero attached hydrogens (tertiary/aromatic N) is 1. The van der Waals surface area contributed by atoms with Gasteiger partial charge in [-0.15, -0.1) is 0 Å². The molecule has 1 heterocycles. The van der Waals surface area contributed by atoms with Gasteiger partial charge < -0.3 is 19.9 Å². The van der Waals surface area contributed by atoms with Crippen molar-refractivity contribution in [1.29, 1.82) is 0 Å². The van der Waals surface area contributed by atoms with E-state index in [1.54, 1.807) is 24.3 Å². The van der Waals surface area contributed by atoms with Crippen LogP contribution in [0.25, 0.3) is 11.1 Å². The second-order valence-electron chi connectivity index (χ2n) is 3.62. The SMILES string of the molecule is O=C(O)CC(Nc1nc2ccccc2o1)C(=O)O. The summed E-state index contributed by atoms with van der Waals surface area (Å²) in [5.41, 5.74) is 1.07. The number of oxazole rings is 1. The zero-order valence-electron chi connectivity index (χ0n) is 9.16. The Bertz CT molecular complexity index is 559. The molecule has 1 aromatic heterocycles. The van der Waals surface area contributed by atoms with E-state index in [1.807, 2.05) is 0 Å². The summed E-state index contributed by atoms with van der Waals surface area (Å²) < 4.78 is 5.25. The highest BCUT2D eigenvalue weighted by atomic mass is 16.4. The number of fused-ring (bicyclic) bond motifs is 1. The van der Waals surface area contributed by atoms with Gasteiger partial charge in [0.2, 0.25) is 0 Å². The summed E-state index contributed by atoms with van der Waals surface area (Å²) in [6, 6.07) is 5.61. The number of aliphatic carboxylic acids is 2. The Labute approximate surface area is 101 Å². The van der Waals surface area contributed by atoms with Crippen LogP contribution in [0.4, 0.5) is 6.01 Å². The van der Waals surface area contributed by atoms with Crippen LogP contribution in [0.1, 0.15) is 6.42 Å². The van der Waals surface area contributed by atoms with E-state index in [4.69, 9.17) is 14.6 Å². The minimum Gasteiger partial charge on any atom is -0.481 e. The fourth-order valence-corrected chi connectivity index (χ4v) is 1.46. The molecule has 0 aliphatic carbocycles. The predicted molar refractivity (Wildman–Crippen MR) is 61.3 cm³/mol. The van der Waals surface area contributed by atoms with Gasteiger partial charge in [0, 0.05) is 0 Å². The Morgan fingerprint density at radius 1 is 1.33 bits per heavy atom. The summed E-state index contributed by atoms with van der Waals surface area (Å²) >= 11 is 0. The third-order valence-corrected chi connectivity index (χ3v) is 2.27. The van der Waals surface area contributed by atoms with Crippen molar-refractivity contribution < 1.29 is 24.2 Å². The summed E-state index contributed by atoms with van der Waals surface area (Å²) in [4.78, 5) is 25.4. The summed E-state index contributed by atoms with van der Waals surface area (Å²) in [5.74, 6) is -2.49. The maximum atomic E-state index is 10.9. The number of hydrogen-bond acceptors (Lipinski definition) is 5. The molecule has 0 saturated heterocycles. The fraction of sp³-hybridized carbons (Fsp3) is 0.182. The van der Waals surface area contributed by atoms with Crippen molar-refractivity contribution in [3.8, 4) is 0 Å². The van der Waals surface area contributed by atoms with Gasteiger partial charge in [0.1, 0.15) is 11.6 Å². The van der Waals surface area contributed by atoms with E-state index in [0.29, 0.717) is 11.1 Å². The van der Waals surface area contributed by atoms with Gasteiger partial charge in [0.25, 0.3) is 6.01 Å². The first kappa shape index (κ1) is 11.9. The van der Waals surface area contributed by atoms with Gasteiger partial charge in [-0.05, 0) is 12.1 Å². The molecule has 3 N–H and O–H groups in total. The standard InChI is InChI=1S/C11H10N2O5/c14-9(15)5-7(10(16)17)13-11-12-6-3-1-2-4-8(6)18-11/h1-4,7H,5H2,(H,12,13)(H,14,15)(H,16,17). The first-order valence-corrected chi connectivity index (χ1v) is 5.13. The molecule has 0 saturated carbocycles. The highest BCUT2D eigenvalue weighted by Gasteiger charge is 2.22. The minimum absolute atomic E-state index is 0.00940. The average Bonchev–Trinajstić information content (AvgIpc) is 2.69. The van der Waals surface area contributed by atoms with E-state index in [1.165, 1.54) is 0 Å². The van der Waals surface area contributed by atoms with Crippen LogP contribution in [-0.4, -0.2) is 33.2 Å². The van der Waals surface area contributed by atoms with E-state index in [9.17, 15) is 9.59 Å². The van der Waals surface area contributed by atoms with E-state index in [0.717, 1.165) is 0 Å². The average molecular weight is 250 g/mol. The number of anilines is 1. The predicted octanol–water partition coefficient (Wildman–Crippen LogP) is 1.17. The molecule has 0 aliphatic heterocycles. The first-order valence-electron chi connectivity index (χ1n) is 5.13. The monoisotopic (exact) mass is 250 g/mol. The maximum absolute atomic E-state index is 10.9. The highest BCUT2D eigenvalue weighted by molar-refractivity contribution is 5.83. The Balaban J connectivity index is 2.20. The quantitative estimate of drug-likeness (QED) is 0.729. The smallest absolute Gasteiger partial charge is 0.326 e. The van der Waals surface area contributed by atoms with Crippen molar-refractivity contribution in [2.24, 2.45) is 0 Å². The number of carbonyl (C=O) groups is 2. The Hall–Kier alpha value is -2.57. The number of carboxylic acid groups (broad SMARTS) is 2. The highest BCUT2D eigenvalue weighted by Crippen LogP contribution is 2.19. The maximum Gasteiger partial charge on any atom is 0.326 e. The summed E-state index contributed by atoms with van der Waals surface area (Å²) in [7, 11) is 0. The minimum atomic E-state index is -1.28. The first-order chi connectivity index (χ1) is 8.56. The Morgan fingerprint density at radius 2 is 2.06 bits per heavy atom. The van der Waals surface area contributed by atoms with Crippen LogP contribution in [0, 0.1) is 0 Å². The zero-order chi connectivity index (χ0) is 13.1. The van der Waals surface area contributed by atoms with Crippen LogP contribution < -0.4 is 5.32 Å². The molecule has 0 amide bonds. The molecule has 7 heteroatoms. The molecule has 0 bridgehead atoms. The van der Waals surface area contributed by atoms with Crippen LogP contribution in [0.2, 0.25) is 0 Å². The van der Waals surface area contributed by atoms with Crippen molar-refractivity contribution in [1.82, 2.24) is 4.98 Å². The third kappa shape index (κ3) is 2.57. The number of benzene rings is 1. The number of hydrogen-bond donors (Lipinski definition) is 3. The molecular weight excluding hydrogens is 240 g/mol. The Morgan fingerprint density at radius 3 is 2.67 bits per heavy atom. The van der Waals surface area contributed by atoms with Crippen molar-refractivity contribution in [3.63, 3.8) is 0 Å². The molecule has 0 radical (unpaired) electrons. The van der Waals surface area contributed by atoms with Crippen LogP contribution >= 0.6 is 0 Å². The molecular formula is C11H10N2O5. The van der Waals surface area contributed by atoms with Gasteiger partial charge in [0.15, 0.2) is 5.58 Å².